The Morgan fingerprint density at radius 1 is 1.38 bits per heavy atom. The van der Waals surface area contributed by atoms with Gasteiger partial charge in [0.05, 0.1) is 12.0 Å². The van der Waals surface area contributed by atoms with Gasteiger partial charge >= 0.3 is 0 Å². The van der Waals surface area contributed by atoms with Crippen molar-refractivity contribution in [2.24, 2.45) is 11.7 Å². The molecule has 3 heteroatoms. The van der Waals surface area contributed by atoms with Gasteiger partial charge in [-0.3, -0.25) is 4.79 Å². The second-order valence-electron chi connectivity index (χ2n) is 3.05. The Kier molecular flexibility index (Phi) is 3.03. The first-order valence-electron chi connectivity index (χ1n) is 4.15. The monoisotopic (exact) mass is 179 g/mol. The first-order chi connectivity index (χ1) is 6.13. The van der Waals surface area contributed by atoms with Crippen molar-refractivity contribution in [3.05, 3.63) is 35.9 Å². The first-order valence-corrected chi connectivity index (χ1v) is 4.15. The van der Waals surface area contributed by atoms with Gasteiger partial charge in [-0.2, -0.15) is 0 Å². The van der Waals surface area contributed by atoms with Crippen LogP contribution in [0.2, 0.25) is 0 Å². The Morgan fingerprint density at radius 2 is 1.92 bits per heavy atom. The van der Waals surface area contributed by atoms with E-state index in [4.69, 9.17) is 5.73 Å². The number of nitrogens with two attached hydrogens (primary N) is 1. The molecule has 0 radical (unpaired) electrons. The molecule has 0 aliphatic heterocycles. The molecule has 0 aromatic heterocycles. The minimum atomic E-state index is -0.807. The number of benzene rings is 1. The summed E-state index contributed by atoms with van der Waals surface area (Å²) < 4.78 is 0. The van der Waals surface area contributed by atoms with Crippen molar-refractivity contribution < 1.29 is 9.90 Å². The van der Waals surface area contributed by atoms with Crippen molar-refractivity contribution in [1.29, 1.82) is 0 Å². The van der Waals surface area contributed by atoms with Gasteiger partial charge in [-0.1, -0.05) is 37.3 Å². The Bertz CT molecular complexity index is 284. The molecule has 0 saturated heterocycles. The van der Waals surface area contributed by atoms with Crippen LogP contribution in [-0.2, 0) is 4.79 Å². The van der Waals surface area contributed by atoms with Crippen LogP contribution in [0.25, 0.3) is 0 Å². The van der Waals surface area contributed by atoms with E-state index in [0.29, 0.717) is 5.56 Å². The largest absolute Gasteiger partial charge is 0.388 e. The van der Waals surface area contributed by atoms with Crippen LogP contribution in [-0.4, -0.2) is 11.0 Å². The van der Waals surface area contributed by atoms with Gasteiger partial charge in [0.2, 0.25) is 5.91 Å². The predicted octanol–water partition coefficient (Wildman–Crippen LogP) is 0.841. The van der Waals surface area contributed by atoms with E-state index in [1.807, 2.05) is 18.2 Å². The second-order valence-corrected chi connectivity index (χ2v) is 3.05. The summed E-state index contributed by atoms with van der Waals surface area (Å²) >= 11 is 0. The SMILES string of the molecule is C[C@@H](C(N)=O)[C@@H](O)c1ccccc1. The van der Waals surface area contributed by atoms with Crippen LogP contribution in [0.4, 0.5) is 0 Å². The molecule has 0 saturated carbocycles. The molecule has 1 amide bonds. The molecule has 1 aromatic rings. The van der Waals surface area contributed by atoms with E-state index in [1.165, 1.54) is 0 Å². The van der Waals surface area contributed by atoms with E-state index in [2.05, 4.69) is 0 Å². The zero-order chi connectivity index (χ0) is 9.84. The van der Waals surface area contributed by atoms with Crippen LogP contribution in [0.15, 0.2) is 30.3 Å². The number of aliphatic hydroxyl groups excluding tert-OH is 1. The standard InChI is InChI=1S/C10H13NO2/c1-7(10(11)13)9(12)8-5-3-2-4-6-8/h2-7,9,12H,1H3,(H2,11,13)/t7-,9-/m1/s1. The number of hydrogen-bond donors (Lipinski definition) is 2. The number of rotatable bonds is 3. The zero-order valence-electron chi connectivity index (χ0n) is 7.47. The summed E-state index contributed by atoms with van der Waals surface area (Å²) in [6.45, 7) is 1.61. The van der Waals surface area contributed by atoms with Crippen molar-refractivity contribution in [2.45, 2.75) is 13.0 Å². The van der Waals surface area contributed by atoms with E-state index in [-0.39, 0.29) is 0 Å². The van der Waals surface area contributed by atoms with Gasteiger partial charge < -0.3 is 10.8 Å². The maximum Gasteiger partial charge on any atom is 0.223 e. The Labute approximate surface area is 77.2 Å². The number of carbonyl (C=O) groups excluding carboxylic acids is 1. The lowest BCUT2D eigenvalue weighted by atomic mass is 9.97. The van der Waals surface area contributed by atoms with Gasteiger partial charge in [0, 0.05) is 0 Å². The predicted molar refractivity (Wildman–Crippen MR) is 49.8 cm³/mol. The third-order valence-electron chi connectivity index (χ3n) is 2.06. The van der Waals surface area contributed by atoms with Crippen LogP contribution in [0.1, 0.15) is 18.6 Å². The normalized spacial score (nSPS) is 14.9. The maximum absolute atomic E-state index is 10.8. The molecule has 1 rings (SSSR count). The average Bonchev–Trinajstić information content (AvgIpc) is 2.17. The van der Waals surface area contributed by atoms with Crippen molar-refractivity contribution in [2.75, 3.05) is 0 Å². The van der Waals surface area contributed by atoms with Crippen LogP contribution in [0.5, 0.6) is 0 Å². The number of carbonyl (C=O) groups is 1. The van der Waals surface area contributed by atoms with Gasteiger partial charge in [0.15, 0.2) is 0 Å². The van der Waals surface area contributed by atoms with Crippen LogP contribution < -0.4 is 5.73 Å². The molecule has 0 bridgehead atoms. The number of amides is 1. The van der Waals surface area contributed by atoms with Crippen LogP contribution >= 0.6 is 0 Å². The first kappa shape index (κ1) is 9.74. The number of primary amides is 1. The van der Waals surface area contributed by atoms with Gasteiger partial charge in [-0.05, 0) is 5.56 Å². The Morgan fingerprint density at radius 3 is 2.38 bits per heavy atom. The molecule has 1 aromatic carbocycles. The highest BCUT2D eigenvalue weighted by atomic mass is 16.3. The molecule has 2 atom stereocenters. The lowest BCUT2D eigenvalue weighted by Gasteiger charge is -2.15. The third kappa shape index (κ3) is 2.29. The molecular formula is C10H13NO2. The fourth-order valence-corrected chi connectivity index (χ4v) is 1.09. The molecule has 3 N–H and O–H groups in total. The molecule has 3 nitrogen and oxygen atoms in total. The van der Waals surface area contributed by atoms with Gasteiger partial charge in [0.1, 0.15) is 0 Å². The minimum absolute atomic E-state index is 0.489. The fraction of sp³-hybridized carbons (Fsp3) is 0.300. The number of hydrogen-bond acceptors (Lipinski definition) is 2. The van der Waals surface area contributed by atoms with Crippen molar-refractivity contribution >= 4 is 5.91 Å². The Hall–Kier alpha value is -1.35. The summed E-state index contributed by atoms with van der Waals surface area (Å²) in [5.74, 6) is -1.04. The molecule has 70 valence electrons. The molecule has 0 heterocycles. The van der Waals surface area contributed by atoms with Crippen molar-refractivity contribution in [3.63, 3.8) is 0 Å². The molecule has 0 fully saturated rings. The summed E-state index contributed by atoms with van der Waals surface area (Å²) in [5, 5.41) is 9.66. The summed E-state index contributed by atoms with van der Waals surface area (Å²) in [5.41, 5.74) is 5.79. The quantitative estimate of drug-likeness (QED) is 0.722. The minimum Gasteiger partial charge on any atom is -0.388 e. The topological polar surface area (TPSA) is 63.3 Å². The highest BCUT2D eigenvalue weighted by Gasteiger charge is 2.20. The smallest absolute Gasteiger partial charge is 0.223 e. The molecule has 13 heavy (non-hydrogen) atoms. The molecule has 0 aliphatic carbocycles. The van der Waals surface area contributed by atoms with E-state index >= 15 is 0 Å². The Balaban J connectivity index is 2.79. The summed E-state index contributed by atoms with van der Waals surface area (Å²) in [6.07, 6.45) is -0.807. The van der Waals surface area contributed by atoms with Gasteiger partial charge in [-0.15, -0.1) is 0 Å². The second kappa shape index (κ2) is 4.05. The fourth-order valence-electron chi connectivity index (χ4n) is 1.09. The number of aliphatic hydroxyl groups is 1. The highest BCUT2D eigenvalue weighted by molar-refractivity contribution is 5.77. The van der Waals surface area contributed by atoms with E-state index in [0.717, 1.165) is 0 Å². The molecular weight excluding hydrogens is 166 g/mol. The van der Waals surface area contributed by atoms with E-state index in [1.54, 1.807) is 19.1 Å². The maximum atomic E-state index is 10.8. The third-order valence-corrected chi connectivity index (χ3v) is 2.06. The van der Waals surface area contributed by atoms with Crippen LogP contribution in [0, 0.1) is 5.92 Å². The van der Waals surface area contributed by atoms with E-state index < -0.39 is 17.9 Å². The average molecular weight is 179 g/mol. The summed E-state index contributed by atoms with van der Waals surface area (Å²) in [6, 6.07) is 9.01. The molecule has 0 aliphatic rings. The van der Waals surface area contributed by atoms with E-state index in [9.17, 15) is 9.90 Å². The lowest BCUT2D eigenvalue weighted by Crippen LogP contribution is -2.26. The summed E-state index contributed by atoms with van der Waals surface area (Å²) in [7, 11) is 0. The van der Waals surface area contributed by atoms with Crippen molar-refractivity contribution in [3.8, 4) is 0 Å². The highest BCUT2D eigenvalue weighted by Crippen LogP contribution is 2.20. The zero-order valence-corrected chi connectivity index (χ0v) is 7.47. The van der Waals surface area contributed by atoms with Crippen LogP contribution in [0.3, 0.4) is 0 Å². The lowest BCUT2D eigenvalue weighted by molar-refractivity contribution is -0.124. The molecule has 0 spiro atoms. The van der Waals surface area contributed by atoms with Gasteiger partial charge in [-0.25, -0.2) is 0 Å². The van der Waals surface area contributed by atoms with Crippen molar-refractivity contribution in [1.82, 2.24) is 0 Å². The summed E-state index contributed by atoms with van der Waals surface area (Å²) in [4.78, 5) is 10.8. The molecule has 0 unspecified atom stereocenters. The van der Waals surface area contributed by atoms with Gasteiger partial charge in [0.25, 0.3) is 0 Å².